The molecular formula is C13H13N3. The van der Waals surface area contributed by atoms with E-state index in [9.17, 15) is 0 Å². The molecule has 0 radical (unpaired) electrons. The van der Waals surface area contributed by atoms with Gasteiger partial charge in [0.05, 0.1) is 11.2 Å². The number of benzene rings is 1. The Kier molecular flexibility index (Phi) is 2.29. The zero-order valence-corrected chi connectivity index (χ0v) is 8.98. The summed E-state index contributed by atoms with van der Waals surface area (Å²) in [6, 6.07) is 10.2. The van der Waals surface area contributed by atoms with Crippen LogP contribution in [0, 0.1) is 0 Å². The van der Waals surface area contributed by atoms with Crippen molar-refractivity contribution in [3.8, 4) is 0 Å². The first-order valence-electron chi connectivity index (χ1n) is 5.57. The van der Waals surface area contributed by atoms with Gasteiger partial charge in [-0.2, -0.15) is 0 Å². The number of hydrogen-bond donors (Lipinski definition) is 1. The lowest BCUT2D eigenvalue weighted by Crippen LogP contribution is -2.08. The molecule has 0 bridgehead atoms. The van der Waals surface area contributed by atoms with Gasteiger partial charge in [0.25, 0.3) is 0 Å². The van der Waals surface area contributed by atoms with Crippen molar-refractivity contribution in [1.82, 2.24) is 4.98 Å². The Balaban J connectivity index is 2.02. The van der Waals surface area contributed by atoms with Gasteiger partial charge in [0.2, 0.25) is 0 Å². The normalized spacial score (nSPS) is 15.1. The van der Waals surface area contributed by atoms with Crippen molar-refractivity contribution in [3.63, 3.8) is 0 Å². The Labute approximate surface area is 94.2 Å². The summed E-state index contributed by atoms with van der Waals surface area (Å²) in [7, 11) is 0. The van der Waals surface area contributed by atoms with Crippen LogP contribution in [0.3, 0.4) is 0 Å². The number of aromatic nitrogens is 1. The average Bonchev–Trinajstić information content (AvgIpc) is 2.82. The molecule has 16 heavy (non-hydrogen) atoms. The topological polar surface area (TPSA) is 37.3 Å². The van der Waals surface area contributed by atoms with Crippen LogP contribution in [0.2, 0.25) is 0 Å². The molecular weight excluding hydrogens is 198 g/mol. The van der Waals surface area contributed by atoms with Gasteiger partial charge in [-0.15, -0.1) is 0 Å². The molecule has 3 rings (SSSR count). The molecule has 2 aromatic rings. The summed E-state index contributed by atoms with van der Waals surface area (Å²) in [5.74, 6) is 1.08. The van der Waals surface area contributed by atoms with Crippen LogP contribution >= 0.6 is 0 Å². The summed E-state index contributed by atoms with van der Waals surface area (Å²) in [5, 5.41) is 4.53. The highest BCUT2D eigenvalue weighted by Crippen LogP contribution is 2.21. The molecule has 1 N–H and O–H groups in total. The quantitative estimate of drug-likeness (QED) is 0.787. The molecule has 0 atom stereocenters. The van der Waals surface area contributed by atoms with Gasteiger partial charge >= 0.3 is 0 Å². The average molecular weight is 211 g/mol. The van der Waals surface area contributed by atoms with Crippen LogP contribution in [0.25, 0.3) is 10.9 Å². The van der Waals surface area contributed by atoms with Crippen LogP contribution in [0.1, 0.15) is 12.8 Å². The minimum absolute atomic E-state index is 0.945. The number of para-hydroxylation sites is 1. The van der Waals surface area contributed by atoms with E-state index in [2.05, 4.69) is 33.5 Å². The lowest BCUT2D eigenvalue weighted by atomic mass is 10.2. The molecule has 0 saturated heterocycles. The number of pyridine rings is 1. The molecule has 0 spiro atoms. The number of amidine groups is 1. The van der Waals surface area contributed by atoms with Crippen molar-refractivity contribution in [2.24, 2.45) is 4.99 Å². The Morgan fingerprint density at radius 1 is 1.12 bits per heavy atom. The van der Waals surface area contributed by atoms with Crippen molar-refractivity contribution in [2.75, 3.05) is 11.9 Å². The standard InChI is InChI=1S/C13H13N3/c1-4-10-5-2-9-15-13(10)11(6-1)16-12-7-3-8-14-12/h1-2,4-6,9H,3,7-8H2,(H,14,16). The van der Waals surface area contributed by atoms with Gasteiger partial charge in [-0.3, -0.25) is 9.98 Å². The third-order valence-electron chi connectivity index (χ3n) is 2.79. The monoisotopic (exact) mass is 211 g/mol. The van der Waals surface area contributed by atoms with Gasteiger partial charge in [-0.25, -0.2) is 0 Å². The van der Waals surface area contributed by atoms with Crippen LogP contribution in [0.4, 0.5) is 5.69 Å². The summed E-state index contributed by atoms with van der Waals surface area (Å²) in [6.07, 6.45) is 4.02. The molecule has 1 aromatic carbocycles. The van der Waals surface area contributed by atoms with Crippen LogP contribution in [0.5, 0.6) is 0 Å². The maximum Gasteiger partial charge on any atom is 0.101 e. The molecule has 2 heterocycles. The lowest BCUT2D eigenvalue weighted by Gasteiger charge is -2.08. The van der Waals surface area contributed by atoms with Gasteiger partial charge in [-0.1, -0.05) is 18.2 Å². The second kappa shape index (κ2) is 3.93. The second-order valence-electron chi connectivity index (χ2n) is 3.94. The Morgan fingerprint density at radius 2 is 2.06 bits per heavy atom. The van der Waals surface area contributed by atoms with Gasteiger partial charge in [0, 0.05) is 24.5 Å². The first-order valence-corrected chi connectivity index (χ1v) is 5.57. The Bertz CT molecular complexity index is 540. The van der Waals surface area contributed by atoms with Crippen LogP contribution in [0.15, 0.2) is 41.5 Å². The van der Waals surface area contributed by atoms with Gasteiger partial charge in [-0.05, 0) is 18.6 Å². The van der Waals surface area contributed by atoms with E-state index < -0.39 is 0 Å². The van der Waals surface area contributed by atoms with E-state index in [0.717, 1.165) is 41.8 Å². The maximum atomic E-state index is 4.42. The summed E-state index contributed by atoms with van der Waals surface area (Å²) in [5.41, 5.74) is 2.07. The van der Waals surface area contributed by atoms with Crippen LogP contribution in [-0.2, 0) is 0 Å². The predicted molar refractivity (Wildman–Crippen MR) is 66.9 cm³/mol. The number of rotatable bonds is 1. The summed E-state index contributed by atoms with van der Waals surface area (Å²) in [6.45, 7) is 0.945. The number of anilines is 1. The molecule has 3 nitrogen and oxygen atoms in total. The molecule has 0 aliphatic carbocycles. The maximum absolute atomic E-state index is 4.42. The molecule has 0 unspecified atom stereocenters. The summed E-state index contributed by atoms with van der Waals surface area (Å²) < 4.78 is 0. The highest BCUT2D eigenvalue weighted by Gasteiger charge is 2.08. The molecule has 80 valence electrons. The molecule has 0 fully saturated rings. The molecule has 1 aliphatic rings. The molecule has 1 aromatic heterocycles. The van der Waals surface area contributed by atoms with Gasteiger partial charge in [0.15, 0.2) is 0 Å². The van der Waals surface area contributed by atoms with E-state index in [1.54, 1.807) is 0 Å². The SMILES string of the molecule is c1cnc2c(NC3=NCCC3)cccc2c1. The van der Waals surface area contributed by atoms with Crippen molar-refractivity contribution >= 4 is 22.4 Å². The second-order valence-corrected chi connectivity index (χ2v) is 3.94. The summed E-state index contributed by atoms with van der Waals surface area (Å²) >= 11 is 0. The number of nitrogens with zero attached hydrogens (tertiary/aromatic N) is 2. The number of fused-ring (bicyclic) bond motifs is 1. The zero-order chi connectivity index (χ0) is 10.8. The van der Waals surface area contributed by atoms with Gasteiger partial charge in [0.1, 0.15) is 5.84 Å². The van der Waals surface area contributed by atoms with E-state index in [-0.39, 0.29) is 0 Å². The molecule has 3 heteroatoms. The highest BCUT2D eigenvalue weighted by molar-refractivity contribution is 6.03. The van der Waals surface area contributed by atoms with E-state index in [1.165, 1.54) is 0 Å². The fourth-order valence-electron chi connectivity index (χ4n) is 2.00. The smallest absolute Gasteiger partial charge is 0.101 e. The number of hydrogen-bond acceptors (Lipinski definition) is 3. The number of nitrogens with one attached hydrogen (secondary N) is 1. The fourth-order valence-corrected chi connectivity index (χ4v) is 2.00. The highest BCUT2D eigenvalue weighted by atomic mass is 15.0. The minimum Gasteiger partial charge on any atom is -0.342 e. The third-order valence-corrected chi connectivity index (χ3v) is 2.79. The third kappa shape index (κ3) is 1.65. The minimum atomic E-state index is 0.945. The lowest BCUT2D eigenvalue weighted by molar-refractivity contribution is 0.951. The Hall–Kier alpha value is -1.90. The first kappa shape index (κ1) is 9.33. The molecule has 0 amide bonds. The molecule has 0 saturated carbocycles. The summed E-state index contributed by atoms with van der Waals surface area (Å²) in [4.78, 5) is 8.82. The fraction of sp³-hybridized carbons (Fsp3) is 0.231. The van der Waals surface area contributed by atoms with Crippen molar-refractivity contribution in [3.05, 3.63) is 36.5 Å². The first-order chi connectivity index (χ1) is 7.93. The van der Waals surface area contributed by atoms with E-state index in [1.807, 2.05) is 18.3 Å². The Morgan fingerprint density at radius 3 is 2.94 bits per heavy atom. The number of aliphatic imine (C=N–C) groups is 1. The van der Waals surface area contributed by atoms with E-state index in [4.69, 9.17) is 0 Å². The van der Waals surface area contributed by atoms with Crippen molar-refractivity contribution in [1.29, 1.82) is 0 Å². The van der Waals surface area contributed by atoms with Crippen molar-refractivity contribution in [2.45, 2.75) is 12.8 Å². The predicted octanol–water partition coefficient (Wildman–Crippen LogP) is 2.84. The molecule has 1 aliphatic heterocycles. The van der Waals surface area contributed by atoms with Crippen LogP contribution < -0.4 is 5.32 Å². The van der Waals surface area contributed by atoms with E-state index >= 15 is 0 Å². The van der Waals surface area contributed by atoms with Crippen LogP contribution in [-0.4, -0.2) is 17.4 Å². The zero-order valence-electron chi connectivity index (χ0n) is 8.98. The van der Waals surface area contributed by atoms with E-state index in [0.29, 0.717) is 0 Å². The van der Waals surface area contributed by atoms with Crippen molar-refractivity contribution < 1.29 is 0 Å². The largest absolute Gasteiger partial charge is 0.342 e. The van der Waals surface area contributed by atoms with Gasteiger partial charge < -0.3 is 5.32 Å².